The maximum absolute atomic E-state index is 6.31. The standard InChI is InChI=1S/C24H24N4O2S/c1-2-15-31-24-26-23-21(27-28-24)19-9-5-6-10-20(19)25-22(30-23)16-11-13-18(14-12-16)29-17-7-3-4-8-17/h2,5-6,9-14,17,22,25H,1,3-4,7-8,15H2. The molecule has 2 heterocycles. The van der Waals surface area contributed by atoms with E-state index in [0.717, 1.165) is 35.4 Å². The number of thioether (sulfide) groups is 1. The summed E-state index contributed by atoms with van der Waals surface area (Å²) in [6.45, 7) is 3.75. The van der Waals surface area contributed by atoms with Crippen LogP contribution >= 0.6 is 11.8 Å². The number of rotatable bonds is 6. The highest BCUT2D eigenvalue weighted by Gasteiger charge is 2.26. The molecule has 0 saturated heterocycles. The molecule has 5 rings (SSSR count). The molecule has 1 atom stereocenters. The minimum absolute atomic E-state index is 0.339. The van der Waals surface area contributed by atoms with Gasteiger partial charge in [-0.05, 0) is 56.0 Å². The maximum atomic E-state index is 6.31. The molecule has 1 saturated carbocycles. The summed E-state index contributed by atoms with van der Waals surface area (Å²) in [4.78, 5) is 4.63. The van der Waals surface area contributed by atoms with E-state index < -0.39 is 6.23 Å². The van der Waals surface area contributed by atoms with Crippen molar-refractivity contribution in [2.24, 2.45) is 0 Å². The Morgan fingerprint density at radius 2 is 1.90 bits per heavy atom. The van der Waals surface area contributed by atoms with Crippen LogP contribution in [0.25, 0.3) is 11.3 Å². The maximum Gasteiger partial charge on any atom is 0.247 e. The van der Waals surface area contributed by atoms with Gasteiger partial charge in [0.25, 0.3) is 0 Å². The van der Waals surface area contributed by atoms with E-state index in [1.807, 2.05) is 54.6 Å². The normalized spacial score (nSPS) is 17.6. The first-order valence-electron chi connectivity index (χ1n) is 10.6. The van der Waals surface area contributed by atoms with E-state index in [1.165, 1.54) is 24.6 Å². The molecule has 0 bridgehead atoms. The zero-order valence-corrected chi connectivity index (χ0v) is 18.0. The van der Waals surface area contributed by atoms with Gasteiger partial charge in [-0.3, -0.25) is 0 Å². The summed E-state index contributed by atoms with van der Waals surface area (Å²) in [7, 11) is 0. The molecule has 31 heavy (non-hydrogen) atoms. The molecule has 0 radical (unpaired) electrons. The third kappa shape index (κ3) is 4.37. The fraction of sp³-hybridized carbons (Fsp3) is 0.292. The van der Waals surface area contributed by atoms with Crippen molar-refractivity contribution in [2.45, 2.75) is 43.2 Å². The Morgan fingerprint density at radius 3 is 2.71 bits per heavy atom. The first kappa shape index (κ1) is 19.9. The third-order valence-electron chi connectivity index (χ3n) is 5.45. The molecular formula is C24H24N4O2S. The molecule has 1 aliphatic carbocycles. The highest BCUT2D eigenvalue weighted by molar-refractivity contribution is 7.99. The molecule has 2 aliphatic rings. The number of nitrogens with zero attached hydrogens (tertiary/aromatic N) is 3. The number of hydrogen-bond donors (Lipinski definition) is 1. The van der Waals surface area contributed by atoms with Crippen molar-refractivity contribution in [3.05, 3.63) is 66.7 Å². The van der Waals surface area contributed by atoms with Gasteiger partial charge in [0.1, 0.15) is 5.75 Å². The fourth-order valence-electron chi connectivity index (χ4n) is 3.91. The number of anilines is 1. The Morgan fingerprint density at radius 1 is 1.10 bits per heavy atom. The predicted molar refractivity (Wildman–Crippen MR) is 123 cm³/mol. The summed E-state index contributed by atoms with van der Waals surface area (Å²) in [6, 6.07) is 16.1. The minimum Gasteiger partial charge on any atom is -0.490 e. The summed E-state index contributed by atoms with van der Waals surface area (Å²) in [5.74, 6) is 2.08. The van der Waals surface area contributed by atoms with Gasteiger partial charge in [0.05, 0.1) is 6.10 Å². The number of nitrogens with one attached hydrogen (secondary N) is 1. The number of aromatic nitrogens is 3. The van der Waals surface area contributed by atoms with E-state index in [2.05, 4.69) is 27.1 Å². The van der Waals surface area contributed by atoms with Crippen LogP contribution in [0.1, 0.15) is 37.5 Å². The molecule has 7 heteroatoms. The Hall–Kier alpha value is -3.06. The van der Waals surface area contributed by atoms with Gasteiger partial charge >= 0.3 is 0 Å². The van der Waals surface area contributed by atoms with Crippen molar-refractivity contribution in [3.8, 4) is 22.9 Å². The largest absolute Gasteiger partial charge is 0.490 e. The zero-order chi connectivity index (χ0) is 21.0. The average molecular weight is 433 g/mol. The molecule has 1 aliphatic heterocycles. The van der Waals surface area contributed by atoms with Crippen LogP contribution in [0.5, 0.6) is 11.6 Å². The summed E-state index contributed by atoms with van der Waals surface area (Å²) < 4.78 is 12.4. The summed E-state index contributed by atoms with van der Waals surface area (Å²) in [6.07, 6.45) is 6.54. The molecule has 158 valence electrons. The average Bonchev–Trinajstić information content (AvgIpc) is 3.25. The van der Waals surface area contributed by atoms with Gasteiger partial charge in [-0.1, -0.05) is 36.0 Å². The number of hydrogen-bond acceptors (Lipinski definition) is 7. The molecule has 1 aromatic heterocycles. The van der Waals surface area contributed by atoms with Crippen LogP contribution in [0.2, 0.25) is 0 Å². The molecule has 0 spiro atoms. The second-order valence-electron chi connectivity index (χ2n) is 7.63. The molecule has 2 aromatic carbocycles. The molecule has 6 nitrogen and oxygen atoms in total. The summed E-state index contributed by atoms with van der Waals surface area (Å²) in [5, 5.41) is 12.7. The van der Waals surface area contributed by atoms with Gasteiger partial charge in [0.2, 0.25) is 11.0 Å². The van der Waals surface area contributed by atoms with Crippen LogP contribution in [0.15, 0.2) is 66.3 Å². The van der Waals surface area contributed by atoms with Gasteiger partial charge in [-0.25, -0.2) is 0 Å². The van der Waals surface area contributed by atoms with Crippen molar-refractivity contribution in [1.82, 2.24) is 15.2 Å². The molecule has 1 N–H and O–H groups in total. The van der Waals surface area contributed by atoms with Gasteiger partial charge in [-0.15, -0.1) is 16.8 Å². The summed E-state index contributed by atoms with van der Waals surface area (Å²) >= 11 is 1.48. The topological polar surface area (TPSA) is 69.2 Å². The quantitative estimate of drug-likeness (QED) is 0.399. The van der Waals surface area contributed by atoms with E-state index in [1.54, 1.807) is 0 Å². The lowest BCUT2D eigenvalue weighted by Crippen LogP contribution is -2.17. The zero-order valence-electron chi connectivity index (χ0n) is 17.2. The molecule has 0 amide bonds. The number of fused-ring (bicyclic) bond motifs is 3. The van der Waals surface area contributed by atoms with Crippen molar-refractivity contribution in [2.75, 3.05) is 11.1 Å². The van der Waals surface area contributed by atoms with Crippen molar-refractivity contribution in [1.29, 1.82) is 0 Å². The monoisotopic (exact) mass is 432 g/mol. The van der Waals surface area contributed by atoms with E-state index >= 15 is 0 Å². The van der Waals surface area contributed by atoms with Gasteiger partial charge in [0.15, 0.2) is 11.9 Å². The first-order valence-corrected chi connectivity index (χ1v) is 11.6. The Labute approximate surface area is 186 Å². The lowest BCUT2D eigenvalue weighted by Gasteiger charge is -2.20. The van der Waals surface area contributed by atoms with Crippen LogP contribution in [0, 0.1) is 0 Å². The van der Waals surface area contributed by atoms with E-state index in [9.17, 15) is 0 Å². The SMILES string of the molecule is C=CCSc1nnc2c(n1)OC(c1ccc(OC3CCCC3)cc1)Nc1ccccc1-2. The second kappa shape index (κ2) is 8.98. The number of benzene rings is 2. The van der Waals surface area contributed by atoms with E-state index in [4.69, 9.17) is 9.47 Å². The van der Waals surface area contributed by atoms with Crippen LogP contribution in [0.4, 0.5) is 5.69 Å². The molecule has 1 unspecified atom stereocenters. The van der Waals surface area contributed by atoms with Crippen LogP contribution in [0.3, 0.4) is 0 Å². The first-order chi connectivity index (χ1) is 15.3. The highest BCUT2D eigenvalue weighted by atomic mass is 32.2. The van der Waals surface area contributed by atoms with Gasteiger partial charge in [-0.2, -0.15) is 4.98 Å². The lowest BCUT2D eigenvalue weighted by molar-refractivity contribution is 0.209. The summed E-state index contributed by atoms with van der Waals surface area (Å²) in [5.41, 5.74) is 3.47. The second-order valence-corrected chi connectivity index (χ2v) is 8.62. The van der Waals surface area contributed by atoms with Gasteiger partial charge < -0.3 is 14.8 Å². The lowest BCUT2D eigenvalue weighted by atomic mass is 10.1. The number of para-hydroxylation sites is 1. The van der Waals surface area contributed by atoms with E-state index in [0.29, 0.717) is 28.6 Å². The smallest absolute Gasteiger partial charge is 0.247 e. The van der Waals surface area contributed by atoms with Crippen LogP contribution < -0.4 is 14.8 Å². The molecule has 1 fully saturated rings. The minimum atomic E-state index is -0.406. The van der Waals surface area contributed by atoms with Crippen molar-refractivity contribution in [3.63, 3.8) is 0 Å². The predicted octanol–water partition coefficient (Wildman–Crippen LogP) is 5.64. The third-order valence-corrected chi connectivity index (χ3v) is 6.29. The van der Waals surface area contributed by atoms with Crippen LogP contribution in [-0.2, 0) is 0 Å². The van der Waals surface area contributed by atoms with Gasteiger partial charge in [0, 0.05) is 22.6 Å². The Balaban J connectivity index is 1.44. The molecular weight excluding hydrogens is 408 g/mol. The Kier molecular flexibility index (Phi) is 5.76. The fourth-order valence-corrected chi connectivity index (χ4v) is 4.43. The molecule has 3 aromatic rings. The van der Waals surface area contributed by atoms with Crippen LogP contribution in [-0.4, -0.2) is 27.0 Å². The highest BCUT2D eigenvalue weighted by Crippen LogP contribution is 2.39. The van der Waals surface area contributed by atoms with Crippen molar-refractivity contribution < 1.29 is 9.47 Å². The number of ether oxygens (including phenoxy) is 2. The van der Waals surface area contributed by atoms with E-state index in [-0.39, 0.29) is 0 Å². The Bertz CT molecular complexity index is 1070. The van der Waals surface area contributed by atoms with Crippen molar-refractivity contribution >= 4 is 17.4 Å².